The summed E-state index contributed by atoms with van der Waals surface area (Å²) in [6, 6.07) is 1.88. The van der Waals surface area contributed by atoms with Gasteiger partial charge >= 0.3 is 0 Å². The minimum absolute atomic E-state index is 0.0905. The number of rotatable bonds is 4. The molecular formula is C13H18F2N2O. The summed E-state index contributed by atoms with van der Waals surface area (Å²) in [6.07, 6.45) is 0.629. The SMILES string of the molecule is Cc1cc(C(=O)N(C)C(C)CCN)c(F)cc1F. The number of aryl methyl sites for hydroxylation is 1. The summed E-state index contributed by atoms with van der Waals surface area (Å²) in [6.45, 7) is 3.78. The second-order valence-corrected chi connectivity index (χ2v) is 4.42. The van der Waals surface area contributed by atoms with E-state index in [1.807, 2.05) is 6.92 Å². The van der Waals surface area contributed by atoms with Gasteiger partial charge < -0.3 is 10.6 Å². The van der Waals surface area contributed by atoms with E-state index in [1.165, 1.54) is 17.9 Å². The van der Waals surface area contributed by atoms with Crippen LogP contribution in [0.4, 0.5) is 8.78 Å². The van der Waals surface area contributed by atoms with E-state index in [9.17, 15) is 13.6 Å². The highest BCUT2D eigenvalue weighted by Crippen LogP contribution is 2.17. The predicted molar refractivity (Wildman–Crippen MR) is 66.3 cm³/mol. The van der Waals surface area contributed by atoms with Crippen LogP contribution >= 0.6 is 0 Å². The monoisotopic (exact) mass is 256 g/mol. The number of halogens is 2. The topological polar surface area (TPSA) is 46.3 Å². The number of hydrogen-bond acceptors (Lipinski definition) is 2. The highest BCUT2D eigenvalue weighted by Gasteiger charge is 2.21. The van der Waals surface area contributed by atoms with Gasteiger partial charge in [0.2, 0.25) is 0 Å². The van der Waals surface area contributed by atoms with Crippen LogP contribution in [-0.4, -0.2) is 30.4 Å². The van der Waals surface area contributed by atoms with Crippen molar-refractivity contribution in [3.8, 4) is 0 Å². The van der Waals surface area contributed by atoms with E-state index >= 15 is 0 Å². The fourth-order valence-electron chi connectivity index (χ4n) is 1.65. The van der Waals surface area contributed by atoms with Gasteiger partial charge in [-0.3, -0.25) is 4.79 Å². The van der Waals surface area contributed by atoms with Gasteiger partial charge in [0.1, 0.15) is 11.6 Å². The van der Waals surface area contributed by atoms with Crippen molar-refractivity contribution in [2.45, 2.75) is 26.3 Å². The zero-order valence-corrected chi connectivity index (χ0v) is 10.8. The number of hydrogen-bond donors (Lipinski definition) is 1. The van der Waals surface area contributed by atoms with Crippen LogP contribution < -0.4 is 5.73 Å². The molecule has 0 bridgehead atoms. The molecule has 2 N–H and O–H groups in total. The molecule has 0 aliphatic carbocycles. The third kappa shape index (κ3) is 3.04. The smallest absolute Gasteiger partial charge is 0.256 e. The van der Waals surface area contributed by atoms with E-state index in [0.29, 0.717) is 13.0 Å². The Labute approximate surface area is 106 Å². The number of nitrogens with two attached hydrogens (primary N) is 1. The van der Waals surface area contributed by atoms with Crippen LogP contribution in [0.25, 0.3) is 0 Å². The van der Waals surface area contributed by atoms with Gasteiger partial charge in [0.05, 0.1) is 5.56 Å². The second-order valence-electron chi connectivity index (χ2n) is 4.42. The number of carbonyl (C=O) groups is 1. The maximum absolute atomic E-state index is 13.6. The Kier molecular flexibility index (Phi) is 4.78. The normalized spacial score (nSPS) is 12.3. The zero-order chi connectivity index (χ0) is 13.9. The average molecular weight is 256 g/mol. The lowest BCUT2D eigenvalue weighted by Crippen LogP contribution is -2.36. The summed E-state index contributed by atoms with van der Waals surface area (Å²) in [5.74, 6) is -1.95. The Morgan fingerprint density at radius 2 is 2.00 bits per heavy atom. The van der Waals surface area contributed by atoms with Gasteiger partial charge in [0.15, 0.2) is 0 Å². The molecule has 0 saturated heterocycles. The van der Waals surface area contributed by atoms with E-state index in [1.54, 1.807) is 7.05 Å². The fraction of sp³-hybridized carbons (Fsp3) is 0.462. The fourth-order valence-corrected chi connectivity index (χ4v) is 1.65. The minimum Gasteiger partial charge on any atom is -0.339 e. The predicted octanol–water partition coefficient (Wildman–Crippen LogP) is 2.08. The molecule has 1 aromatic rings. The Bertz CT molecular complexity index is 449. The van der Waals surface area contributed by atoms with Gasteiger partial charge in [0.25, 0.3) is 5.91 Å². The molecule has 0 aliphatic heterocycles. The Balaban J connectivity index is 3.00. The van der Waals surface area contributed by atoms with Crippen molar-refractivity contribution in [2.24, 2.45) is 5.73 Å². The first kappa shape index (κ1) is 14.6. The highest BCUT2D eigenvalue weighted by molar-refractivity contribution is 5.94. The first-order chi connectivity index (χ1) is 8.38. The first-order valence-electron chi connectivity index (χ1n) is 5.81. The third-order valence-corrected chi connectivity index (χ3v) is 3.04. The quantitative estimate of drug-likeness (QED) is 0.896. The molecule has 1 atom stereocenters. The van der Waals surface area contributed by atoms with Gasteiger partial charge in [-0.05, 0) is 38.4 Å². The van der Waals surface area contributed by atoms with Crippen molar-refractivity contribution < 1.29 is 13.6 Å². The van der Waals surface area contributed by atoms with Crippen molar-refractivity contribution in [3.63, 3.8) is 0 Å². The molecule has 1 amide bonds. The molecule has 5 heteroatoms. The largest absolute Gasteiger partial charge is 0.339 e. The Hall–Kier alpha value is -1.49. The summed E-state index contributed by atoms with van der Waals surface area (Å²) >= 11 is 0. The number of nitrogens with zero attached hydrogens (tertiary/aromatic N) is 1. The van der Waals surface area contributed by atoms with E-state index < -0.39 is 17.5 Å². The molecular weight excluding hydrogens is 238 g/mol. The molecule has 3 nitrogen and oxygen atoms in total. The highest BCUT2D eigenvalue weighted by atomic mass is 19.1. The van der Waals surface area contributed by atoms with Gasteiger partial charge in [-0.2, -0.15) is 0 Å². The van der Waals surface area contributed by atoms with Gasteiger partial charge in [0, 0.05) is 19.2 Å². The van der Waals surface area contributed by atoms with Crippen LogP contribution in [0.3, 0.4) is 0 Å². The van der Waals surface area contributed by atoms with Crippen LogP contribution in [0, 0.1) is 18.6 Å². The zero-order valence-electron chi connectivity index (χ0n) is 10.8. The van der Waals surface area contributed by atoms with Crippen molar-refractivity contribution in [1.82, 2.24) is 4.90 Å². The molecule has 0 saturated carbocycles. The van der Waals surface area contributed by atoms with Crippen LogP contribution in [0.1, 0.15) is 29.3 Å². The van der Waals surface area contributed by atoms with E-state index in [4.69, 9.17) is 5.73 Å². The summed E-state index contributed by atoms with van der Waals surface area (Å²) in [5.41, 5.74) is 5.56. The van der Waals surface area contributed by atoms with Gasteiger partial charge in [-0.1, -0.05) is 0 Å². The van der Waals surface area contributed by atoms with Crippen LogP contribution in [0.5, 0.6) is 0 Å². The lowest BCUT2D eigenvalue weighted by molar-refractivity contribution is 0.0734. The van der Waals surface area contributed by atoms with Crippen molar-refractivity contribution in [3.05, 3.63) is 34.9 Å². The van der Waals surface area contributed by atoms with Crippen LogP contribution in [-0.2, 0) is 0 Å². The van der Waals surface area contributed by atoms with Gasteiger partial charge in [-0.15, -0.1) is 0 Å². The van der Waals surface area contributed by atoms with Crippen molar-refractivity contribution >= 4 is 5.91 Å². The molecule has 0 heterocycles. The Morgan fingerprint density at radius 3 is 2.56 bits per heavy atom. The maximum Gasteiger partial charge on any atom is 0.256 e. The average Bonchev–Trinajstić information content (AvgIpc) is 2.32. The third-order valence-electron chi connectivity index (χ3n) is 3.04. The summed E-state index contributed by atoms with van der Waals surface area (Å²) in [4.78, 5) is 13.5. The lowest BCUT2D eigenvalue weighted by atomic mass is 10.1. The van der Waals surface area contributed by atoms with Crippen molar-refractivity contribution in [1.29, 1.82) is 0 Å². The number of benzene rings is 1. The van der Waals surface area contributed by atoms with Gasteiger partial charge in [-0.25, -0.2) is 8.78 Å². The second kappa shape index (κ2) is 5.91. The molecule has 0 fully saturated rings. The molecule has 1 aromatic carbocycles. The molecule has 0 radical (unpaired) electrons. The summed E-state index contributed by atoms with van der Waals surface area (Å²) in [5, 5.41) is 0. The molecule has 0 spiro atoms. The van der Waals surface area contributed by atoms with E-state index in [0.717, 1.165) is 6.07 Å². The number of amides is 1. The standard InChI is InChI=1S/C13H18F2N2O/c1-8-6-10(12(15)7-11(8)14)13(18)17(3)9(2)4-5-16/h6-7,9H,4-5,16H2,1-3H3. The lowest BCUT2D eigenvalue weighted by Gasteiger charge is -2.25. The molecule has 18 heavy (non-hydrogen) atoms. The van der Waals surface area contributed by atoms with Crippen LogP contribution in [0.2, 0.25) is 0 Å². The molecule has 0 aromatic heterocycles. The first-order valence-corrected chi connectivity index (χ1v) is 5.81. The summed E-state index contributed by atoms with van der Waals surface area (Å²) < 4.78 is 26.7. The minimum atomic E-state index is -0.838. The van der Waals surface area contributed by atoms with E-state index in [2.05, 4.69) is 0 Å². The summed E-state index contributed by atoms with van der Waals surface area (Å²) in [7, 11) is 1.58. The Morgan fingerprint density at radius 1 is 1.39 bits per heavy atom. The van der Waals surface area contributed by atoms with Crippen molar-refractivity contribution in [2.75, 3.05) is 13.6 Å². The number of carbonyl (C=O) groups excluding carboxylic acids is 1. The molecule has 100 valence electrons. The molecule has 1 unspecified atom stereocenters. The maximum atomic E-state index is 13.6. The molecule has 0 aliphatic rings. The van der Waals surface area contributed by atoms with Crippen LogP contribution in [0.15, 0.2) is 12.1 Å². The molecule has 1 rings (SSSR count). The van der Waals surface area contributed by atoms with E-state index in [-0.39, 0.29) is 17.2 Å².